The average Bonchev–Trinajstić information content (AvgIpc) is 2.86. The summed E-state index contributed by atoms with van der Waals surface area (Å²) < 4.78 is 65.3. The Labute approximate surface area is 151 Å². The number of ketones is 1. The SMILES string of the molecule is CC1(C)[C@@H]2CC[C@@]1(CS(=O)(=O)NCc1ccc(C(F)(F)F)cc1)C(=O)C2. The fourth-order valence-corrected chi connectivity index (χ4v) is 6.30. The number of fused-ring (bicyclic) bond motifs is 2. The van der Waals surface area contributed by atoms with Crippen molar-refractivity contribution in [3.63, 3.8) is 0 Å². The number of nitrogens with one attached hydrogen (secondary N) is 1. The van der Waals surface area contributed by atoms with Crippen LogP contribution in [0, 0.1) is 16.7 Å². The van der Waals surface area contributed by atoms with Gasteiger partial charge in [0.25, 0.3) is 0 Å². The van der Waals surface area contributed by atoms with Crippen LogP contribution in [0.2, 0.25) is 0 Å². The van der Waals surface area contributed by atoms with Gasteiger partial charge < -0.3 is 0 Å². The monoisotopic (exact) mass is 389 g/mol. The third-order valence-corrected chi connectivity index (χ3v) is 7.81. The molecule has 8 heteroatoms. The van der Waals surface area contributed by atoms with E-state index in [-0.39, 0.29) is 29.4 Å². The molecule has 2 aliphatic carbocycles. The third kappa shape index (κ3) is 3.17. The Balaban J connectivity index is 1.69. The van der Waals surface area contributed by atoms with Crippen LogP contribution in [0.15, 0.2) is 24.3 Å². The number of carbonyl (C=O) groups excluding carboxylic acids is 1. The molecule has 0 aliphatic heterocycles. The molecule has 2 bridgehead atoms. The van der Waals surface area contributed by atoms with Gasteiger partial charge in [-0.1, -0.05) is 26.0 Å². The van der Waals surface area contributed by atoms with Crippen molar-refractivity contribution in [2.24, 2.45) is 16.7 Å². The molecule has 26 heavy (non-hydrogen) atoms. The Hall–Kier alpha value is -1.41. The molecule has 0 unspecified atom stereocenters. The predicted octanol–water partition coefficient (Wildman–Crippen LogP) is 3.52. The summed E-state index contributed by atoms with van der Waals surface area (Å²) in [6.45, 7) is 3.82. The van der Waals surface area contributed by atoms with Gasteiger partial charge in [-0.2, -0.15) is 13.2 Å². The van der Waals surface area contributed by atoms with E-state index in [1.807, 2.05) is 13.8 Å². The predicted molar refractivity (Wildman–Crippen MR) is 90.6 cm³/mol. The summed E-state index contributed by atoms with van der Waals surface area (Å²) in [5.41, 5.74) is -1.56. The van der Waals surface area contributed by atoms with Crippen LogP contribution < -0.4 is 4.72 Å². The fourth-order valence-electron chi connectivity index (χ4n) is 4.49. The van der Waals surface area contributed by atoms with E-state index < -0.39 is 27.2 Å². The van der Waals surface area contributed by atoms with Gasteiger partial charge in [-0.05, 0) is 41.9 Å². The lowest BCUT2D eigenvalue weighted by Crippen LogP contribution is -2.45. The molecule has 1 N–H and O–H groups in total. The summed E-state index contributed by atoms with van der Waals surface area (Å²) in [6.07, 6.45) is -2.57. The highest BCUT2D eigenvalue weighted by Crippen LogP contribution is 2.64. The van der Waals surface area contributed by atoms with Gasteiger partial charge >= 0.3 is 6.18 Å². The second kappa shape index (κ2) is 6.05. The van der Waals surface area contributed by atoms with Crippen molar-refractivity contribution in [1.82, 2.24) is 4.72 Å². The number of alkyl halides is 3. The van der Waals surface area contributed by atoms with Crippen molar-refractivity contribution in [2.75, 3.05) is 5.75 Å². The first kappa shape index (κ1) is 19.4. The Bertz CT molecular complexity index is 815. The van der Waals surface area contributed by atoms with Crippen LogP contribution in [0.5, 0.6) is 0 Å². The molecule has 1 aromatic carbocycles. The normalized spacial score (nSPS) is 27.9. The molecule has 0 heterocycles. The van der Waals surface area contributed by atoms with Crippen molar-refractivity contribution < 1.29 is 26.4 Å². The Morgan fingerprint density at radius 2 is 1.81 bits per heavy atom. The number of hydrogen-bond acceptors (Lipinski definition) is 3. The summed E-state index contributed by atoms with van der Waals surface area (Å²) in [5, 5.41) is 0. The van der Waals surface area contributed by atoms with Gasteiger partial charge in [0.1, 0.15) is 5.78 Å². The van der Waals surface area contributed by atoms with Crippen LogP contribution in [0.1, 0.15) is 44.2 Å². The minimum absolute atomic E-state index is 0.0126. The highest BCUT2D eigenvalue weighted by Gasteiger charge is 2.65. The van der Waals surface area contributed by atoms with E-state index in [9.17, 15) is 26.4 Å². The Kier molecular flexibility index (Phi) is 4.51. The molecule has 0 aromatic heterocycles. The van der Waals surface area contributed by atoms with Gasteiger partial charge in [0.05, 0.1) is 11.3 Å². The first-order valence-corrected chi connectivity index (χ1v) is 10.2. The molecule has 2 atom stereocenters. The van der Waals surface area contributed by atoms with Gasteiger partial charge in [0, 0.05) is 18.4 Å². The van der Waals surface area contributed by atoms with E-state index in [1.165, 1.54) is 12.1 Å². The minimum Gasteiger partial charge on any atom is -0.299 e. The van der Waals surface area contributed by atoms with Crippen molar-refractivity contribution >= 4 is 15.8 Å². The topological polar surface area (TPSA) is 63.2 Å². The van der Waals surface area contributed by atoms with E-state index in [0.29, 0.717) is 18.4 Å². The molecular weight excluding hydrogens is 367 g/mol. The van der Waals surface area contributed by atoms with E-state index in [0.717, 1.165) is 18.6 Å². The number of benzene rings is 1. The largest absolute Gasteiger partial charge is 0.416 e. The summed E-state index contributed by atoms with van der Waals surface area (Å²) in [7, 11) is -3.74. The maximum atomic E-state index is 12.6. The second-order valence-corrected chi connectivity index (χ2v) is 9.75. The molecule has 0 amide bonds. The van der Waals surface area contributed by atoms with Crippen LogP contribution in [0.4, 0.5) is 13.2 Å². The Morgan fingerprint density at radius 3 is 2.27 bits per heavy atom. The van der Waals surface area contributed by atoms with Gasteiger partial charge in [0.2, 0.25) is 10.0 Å². The molecule has 2 saturated carbocycles. The zero-order valence-electron chi connectivity index (χ0n) is 14.7. The van der Waals surface area contributed by atoms with E-state index in [4.69, 9.17) is 0 Å². The maximum Gasteiger partial charge on any atom is 0.416 e. The summed E-state index contributed by atoms with van der Waals surface area (Å²) in [4.78, 5) is 12.5. The van der Waals surface area contributed by atoms with Gasteiger partial charge in [-0.25, -0.2) is 13.1 Å². The third-order valence-electron chi connectivity index (χ3n) is 6.35. The van der Waals surface area contributed by atoms with E-state index in [1.54, 1.807) is 0 Å². The van der Waals surface area contributed by atoms with Crippen molar-refractivity contribution in [2.45, 2.75) is 45.8 Å². The molecule has 1 aromatic rings. The first-order valence-electron chi connectivity index (χ1n) is 8.54. The molecule has 0 spiro atoms. The maximum absolute atomic E-state index is 12.6. The van der Waals surface area contributed by atoms with Crippen molar-refractivity contribution in [3.05, 3.63) is 35.4 Å². The minimum atomic E-state index is -4.43. The molecule has 3 rings (SSSR count). The number of carbonyl (C=O) groups is 1. The molecule has 0 radical (unpaired) electrons. The number of halogens is 3. The van der Waals surface area contributed by atoms with E-state index in [2.05, 4.69) is 4.72 Å². The molecular formula is C18H22F3NO3S. The van der Waals surface area contributed by atoms with Crippen LogP contribution in [-0.4, -0.2) is 20.0 Å². The van der Waals surface area contributed by atoms with Crippen LogP contribution in [0.25, 0.3) is 0 Å². The highest BCUT2D eigenvalue weighted by molar-refractivity contribution is 7.89. The first-order chi connectivity index (χ1) is 11.9. The molecule has 2 aliphatic rings. The number of hydrogen-bond donors (Lipinski definition) is 1. The number of rotatable bonds is 5. The lowest BCUT2D eigenvalue weighted by atomic mass is 9.70. The molecule has 2 fully saturated rings. The van der Waals surface area contributed by atoms with Crippen LogP contribution in [0.3, 0.4) is 0 Å². The lowest BCUT2D eigenvalue weighted by Gasteiger charge is -2.36. The standard InChI is InChI=1S/C18H22F3NO3S/c1-16(2)14-7-8-17(16,15(23)9-14)11-26(24,25)22-10-12-3-5-13(6-4-12)18(19,20)21/h3-6,14,22H,7-11H2,1-2H3/t14-,17-/m1/s1. The van der Waals surface area contributed by atoms with Crippen molar-refractivity contribution in [3.8, 4) is 0 Å². The van der Waals surface area contributed by atoms with Crippen molar-refractivity contribution in [1.29, 1.82) is 0 Å². The Morgan fingerprint density at radius 1 is 1.19 bits per heavy atom. The van der Waals surface area contributed by atoms with Gasteiger partial charge in [-0.15, -0.1) is 0 Å². The van der Waals surface area contributed by atoms with Crippen LogP contribution >= 0.6 is 0 Å². The highest BCUT2D eigenvalue weighted by atomic mass is 32.2. The molecule has 0 saturated heterocycles. The zero-order valence-corrected chi connectivity index (χ0v) is 15.5. The lowest BCUT2D eigenvalue weighted by molar-refractivity contribution is -0.137. The van der Waals surface area contributed by atoms with Gasteiger partial charge in [0.15, 0.2) is 0 Å². The molecule has 4 nitrogen and oxygen atoms in total. The quantitative estimate of drug-likeness (QED) is 0.838. The summed E-state index contributed by atoms with van der Waals surface area (Å²) >= 11 is 0. The second-order valence-electron chi connectivity index (χ2n) is 7.94. The fraction of sp³-hybridized carbons (Fsp3) is 0.611. The van der Waals surface area contributed by atoms with Gasteiger partial charge in [-0.3, -0.25) is 4.79 Å². The average molecular weight is 389 g/mol. The summed E-state index contributed by atoms with van der Waals surface area (Å²) in [5.74, 6) is -0.0260. The van der Waals surface area contributed by atoms with E-state index >= 15 is 0 Å². The van der Waals surface area contributed by atoms with Crippen LogP contribution in [-0.2, 0) is 27.5 Å². The number of Topliss-reactive ketones (excluding diaryl/α,β-unsaturated/α-hetero) is 1. The molecule has 144 valence electrons. The summed E-state index contributed by atoms with van der Waals surface area (Å²) in [6, 6.07) is 4.35. The number of sulfonamides is 1. The zero-order chi connectivity index (χ0) is 19.4. The smallest absolute Gasteiger partial charge is 0.299 e.